The Kier molecular flexibility index (Phi) is 16.6. The minimum atomic E-state index is 0. The summed E-state index contributed by atoms with van der Waals surface area (Å²) in [5.41, 5.74) is 6.00. The Hall–Kier alpha value is -3.31. The molecule has 0 aliphatic rings. The normalized spacial score (nSPS) is 11.9. The minimum absolute atomic E-state index is 0. The van der Waals surface area contributed by atoms with E-state index in [1.54, 1.807) is 0 Å². The topological polar surface area (TPSA) is 54.0 Å². The molecule has 1 aromatic heterocycles. The second kappa shape index (κ2) is 20.7. The van der Waals surface area contributed by atoms with Gasteiger partial charge in [-0.15, -0.1) is 17.7 Å². The van der Waals surface area contributed by atoms with Crippen LogP contribution in [0.25, 0.3) is 5.32 Å². The van der Waals surface area contributed by atoms with Gasteiger partial charge in [-0.1, -0.05) is 126 Å². The number of ether oxygens (including phenoxy) is 1. The first-order chi connectivity index (χ1) is 21.7. The molecule has 7 heteroatoms. The Morgan fingerprint density at radius 2 is 1.36 bits per heavy atom. The summed E-state index contributed by atoms with van der Waals surface area (Å²) in [5, 5.41) is 13.7. The standard InChI is InChI=1S/C37H40N4O.CH3.ClH.Ru/c1-30(33-17-7-3-8-18-33)37(34-19-9-4-10-20-34)38-26-13-16-31-22-24-36(25-23-31)42-27-12-11-21-35-29-41(40-39-35)28-32-14-5-2-6-15-32;;;/h2-10,14-15,17-20,22-25,29-30,37H,1,11-13,16,21,26-28H2;1H3;1H;/q-2;-1;;+4/p-1. The molecule has 2 unspecified atom stereocenters. The summed E-state index contributed by atoms with van der Waals surface area (Å²) in [6.07, 6.45) is 6.95. The fourth-order valence-electron chi connectivity index (χ4n) is 5.16. The van der Waals surface area contributed by atoms with Crippen molar-refractivity contribution in [3.05, 3.63) is 169 Å². The van der Waals surface area contributed by atoms with Crippen molar-refractivity contribution < 1.29 is 22.0 Å². The Bertz CT molecular complexity index is 1450. The number of unbranched alkanes of at least 4 members (excludes halogenated alkanes) is 1. The Morgan fingerprint density at radius 3 is 2.02 bits per heavy atom. The molecule has 0 aliphatic heterocycles. The van der Waals surface area contributed by atoms with E-state index in [0.29, 0.717) is 6.61 Å². The van der Waals surface area contributed by atoms with Crippen molar-refractivity contribution >= 4 is 9.69 Å². The number of aromatic nitrogens is 3. The van der Waals surface area contributed by atoms with Gasteiger partial charge in [0.05, 0.1) is 18.8 Å². The van der Waals surface area contributed by atoms with Crippen molar-refractivity contribution in [3.8, 4) is 5.75 Å². The summed E-state index contributed by atoms with van der Waals surface area (Å²) < 4.78 is 7.89. The molecule has 0 bridgehead atoms. The predicted octanol–water partition coefficient (Wildman–Crippen LogP) is 9.53. The van der Waals surface area contributed by atoms with Crippen LogP contribution in [-0.4, -0.2) is 28.1 Å². The van der Waals surface area contributed by atoms with Gasteiger partial charge in [-0.05, 0) is 48.9 Å². The zero-order valence-electron chi connectivity index (χ0n) is 26.0. The third-order valence-corrected chi connectivity index (χ3v) is 7.49. The summed E-state index contributed by atoms with van der Waals surface area (Å²) in [6, 6.07) is 39.9. The van der Waals surface area contributed by atoms with E-state index >= 15 is 0 Å². The van der Waals surface area contributed by atoms with Crippen molar-refractivity contribution in [3.63, 3.8) is 0 Å². The number of hydrogen-bond acceptors (Lipinski definition) is 3. The molecule has 0 saturated carbocycles. The van der Waals surface area contributed by atoms with Crippen molar-refractivity contribution in [2.45, 2.75) is 50.6 Å². The maximum atomic E-state index is 5.99. The first-order valence-corrected chi connectivity index (χ1v) is 17.4. The maximum absolute atomic E-state index is 5.99. The molecular formula is C38H43ClN4ORu. The molecule has 0 radical (unpaired) electrons. The molecule has 0 fully saturated rings. The molecule has 0 saturated heterocycles. The molecule has 236 valence electrons. The Morgan fingerprint density at radius 1 is 0.733 bits per heavy atom. The summed E-state index contributed by atoms with van der Waals surface area (Å²) in [5.74, 6) is 1.00. The van der Waals surface area contributed by atoms with E-state index in [9.17, 15) is 0 Å². The van der Waals surface area contributed by atoms with E-state index in [1.165, 1.54) is 22.3 Å². The number of aryl methyl sites for hydroxylation is 2. The van der Waals surface area contributed by atoms with Crippen LogP contribution in [0.1, 0.15) is 59.2 Å². The van der Waals surface area contributed by atoms with Crippen LogP contribution in [0.2, 0.25) is 0 Å². The zero-order valence-corrected chi connectivity index (χ0v) is 28.5. The van der Waals surface area contributed by atoms with E-state index in [-0.39, 0.29) is 19.4 Å². The van der Waals surface area contributed by atoms with Crippen molar-refractivity contribution in [1.29, 1.82) is 0 Å². The Balaban J connectivity index is 0.00000180. The van der Waals surface area contributed by atoms with Gasteiger partial charge in [0.1, 0.15) is 5.75 Å². The van der Waals surface area contributed by atoms with Crippen molar-refractivity contribution in [2.75, 3.05) is 13.2 Å². The number of hydrogen-bond donors (Lipinski definition) is 0. The van der Waals surface area contributed by atoms with Gasteiger partial charge in [-0.2, -0.15) is 5.92 Å². The van der Waals surface area contributed by atoms with E-state index in [0.717, 1.165) is 56.6 Å². The quantitative estimate of drug-likeness (QED) is 0.0583. The molecule has 1 heterocycles. The van der Waals surface area contributed by atoms with Gasteiger partial charge in [0.2, 0.25) is 0 Å². The van der Waals surface area contributed by atoms with Crippen LogP contribution in [0.15, 0.2) is 121 Å². The predicted molar refractivity (Wildman–Crippen MR) is 183 cm³/mol. The van der Waals surface area contributed by atoms with Gasteiger partial charge in [-0.3, -0.25) is 0 Å². The van der Waals surface area contributed by atoms with Gasteiger partial charge in [0.25, 0.3) is 0 Å². The van der Waals surface area contributed by atoms with E-state index in [4.69, 9.17) is 10.1 Å². The van der Waals surface area contributed by atoms with Crippen LogP contribution in [-0.2, 0) is 36.7 Å². The van der Waals surface area contributed by atoms with Crippen molar-refractivity contribution in [2.24, 2.45) is 0 Å². The van der Waals surface area contributed by atoms with E-state index in [2.05, 4.69) is 118 Å². The van der Waals surface area contributed by atoms with Crippen LogP contribution < -0.4 is 4.74 Å². The van der Waals surface area contributed by atoms with Crippen LogP contribution >= 0.6 is 9.69 Å². The molecule has 5 rings (SSSR count). The second-order valence-corrected chi connectivity index (χ2v) is 10.7. The third-order valence-electron chi connectivity index (χ3n) is 7.49. The van der Waals surface area contributed by atoms with Gasteiger partial charge >= 0.3 is 27.0 Å². The number of nitrogens with zero attached hydrogens (tertiary/aromatic N) is 4. The number of rotatable bonds is 16. The number of benzene rings is 4. The average Bonchev–Trinajstić information content (AvgIpc) is 3.54. The summed E-state index contributed by atoms with van der Waals surface area (Å²) in [4.78, 5) is 0. The number of halogens is 1. The molecule has 5 aromatic rings. The summed E-state index contributed by atoms with van der Waals surface area (Å²) in [6.45, 7) is 6.74. The zero-order chi connectivity index (χ0) is 30.8. The fraction of sp³-hybridized carbons (Fsp3) is 0.263. The Labute approximate surface area is 284 Å². The fourth-order valence-corrected chi connectivity index (χ4v) is 5.16. The van der Waals surface area contributed by atoms with Gasteiger partial charge < -0.3 is 24.4 Å². The van der Waals surface area contributed by atoms with Gasteiger partial charge in [-0.25, -0.2) is 4.68 Å². The first kappa shape index (κ1) is 36.2. The molecule has 5 nitrogen and oxygen atoms in total. The molecule has 4 aromatic carbocycles. The summed E-state index contributed by atoms with van der Waals surface area (Å²) >= 11 is 1.82. The molecule has 0 spiro atoms. The molecule has 45 heavy (non-hydrogen) atoms. The molecule has 2 atom stereocenters. The van der Waals surface area contributed by atoms with Crippen LogP contribution in [0, 0.1) is 14.4 Å². The van der Waals surface area contributed by atoms with E-state index < -0.39 is 0 Å². The monoisotopic (exact) mass is 708 g/mol. The van der Waals surface area contributed by atoms with Gasteiger partial charge in [0.15, 0.2) is 0 Å². The second-order valence-electron chi connectivity index (χ2n) is 10.7. The van der Waals surface area contributed by atoms with Crippen LogP contribution in [0.3, 0.4) is 0 Å². The van der Waals surface area contributed by atoms with Gasteiger partial charge in [0, 0.05) is 6.20 Å². The van der Waals surface area contributed by atoms with Crippen LogP contribution in [0.5, 0.6) is 5.75 Å². The SMILES string of the molecule is [CH2-]C(c1ccccc1)C([N-]CCCc1ccc(OCCCCc2cn(Cc3ccccc3)nn2)cc1)c1ccccc1.[CH3-].[Cl][Ru+3]. The van der Waals surface area contributed by atoms with Crippen molar-refractivity contribution in [1.82, 2.24) is 15.0 Å². The summed E-state index contributed by atoms with van der Waals surface area (Å²) in [7, 11) is 4.57. The first-order valence-electron chi connectivity index (χ1n) is 15.1. The van der Waals surface area contributed by atoms with Crippen LogP contribution in [0.4, 0.5) is 0 Å². The van der Waals surface area contributed by atoms with E-state index in [1.807, 2.05) is 52.5 Å². The average molecular weight is 708 g/mol. The molecule has 0 amide bonds. The molecule has 0 aliphatic carbocycles. The molecule has 0 N–H and O–H groups in total. The molecular weight excluding hydrogens is 665 g/mol. The third kappa shape index (κ3) is 12.2.